The van der Waals surface area contributed by atoms with E-state index in [1.807, 2.05) is 0 Å². The smallest absolute Gasteiger partial charge is 0.228 e. The Kier molecular flexibility index (Phi) is 5.38. The molecule has 146 valence electrons. The first-order valence-electron chi connectivity index (χ1n) is 8.35. The van der Waals surface area contributed by atoms with Gasteiger partial charge in [-0.2, -0.15) is 4.31 Å². The molecule has 0 radical (unpaired) electrons. The van der Waals surface area contributed by atoms with Crippen LogP contribution in [0.2, 0.25) is 0 Å². The van der Waals surface area contributed by atoms with E-state index in [0.29, 0.717) is 0 Å². The quantitative estimate of drug-likeness (QED) is 0.773. The number of rotatable bonds is 3. The highest BCUT2D eigenvalue weighted by atomic mass is 32.2. The molecule has 1 aliphatic heterocycles. The zero-order valence-electron chi connectivity index (χ0n) is 14.6. The number of benzene rings is 2. The van der Waals surface area contributed by atoms with E-state index in [2.05, 4.69) is 0 Å². The first-order chi connectivity index (χ1) is 12.6. The van der Waals surface area contributed by atoms with Gasteiger partial charge in [-0.25, -0.2) is 25.6 Å². The van der Waals surface area contributed by atoms with Crippen molar-refractivity contribution in [2.45, 2.75) is 23.5 Å². The number of sulfonamides is 1. The molecule has 9 heteroatoms. The lowest BCUT2D eigenvalue weighted by Crippen LogP contribution is -2.34. The van der Waals surface area contributed by atoms with Crippen molar-refractivity contribution < 1.29 is 25.6 Å². The SMILES string of the molecule is Cc1cc(F)ccc1S(=O)(=O)N1CCC(c2ccccc2F)S(=O)(=O)CC1. The summed E-state index contributed by atoms with van der Waals surface area (Å²) in [5.41, 5.74) is 0.294. The maximum atomic E-state index is 14.1. The molecule has 1 fully saturated rings. The normalized spacial score (nSPS) is 20.9. The molecule has 0 amide bonds. The molecule has 1 saturated heterocycles. The predicted molar refractivity (Wildman–Crippen MR) is 97.4 cm³/mol. The minimum absolute atomic E-state index is 0.0507. The van der Waals surface area contributed by atoms with Crippen LogP contribution in [0, 0.1) is 18.6 Å². The highest BCUT2D eigenvalue weighted by molar-refractivity contribution is 7.92. The fraction of sp³-hybridized carbons (Fsp3) is 0.333. The summed E-state index contributed by atoms with van der Waals surface area (Å²) < 4.78 is 79.6. The van der Waals surface area contributed by atoms with Crippen molar-refractivity contribution in [3.63, 3.8) is 0 Å². The van der Waals surface area contributed by atoms with Gasteiger partial charge in [0.25, 0.3) is 0 Å². The molecule has 0 bridgehead atoms. The number of nitrogens with zero attached hydrogens (tertiary/aromatic N) is 1. The van der Waals surface area contributed by atoms with Gasteiger partial charge in [0, 0.05) is 18.7 Å². The summed E-state index contributed by atoms with van der Waals surface area (Å²) in [5, 5.41) is -1.10. The summed E-state index contributed by atoms with van der Waals surface area (Å²) in [6.45, 7) is 1.18. The molecule has 0 aliphatic carbocycles. The van der Waals surface area contributed by atoms with Gasteiger partial charge in [0.2, 0.25) is 10.0 Å². The molecule has 0 saturated carbocycles. The van der Waals surface area contributed by atoms with E-state index in [4.69, 9.17) is 0 Å². The minimum atomic E-state index is -3.99. The molecular formula is C18H19F2NO4S2. The van der Waals surface area contributed by atoms with Gasteiger partial charge >= 0.3 is 0 Å². The molecule has 0 spiro atoms. The summed E-state index contributed by atoms with van der Waals surface area (Å²) in [4.78, 5) is -0.0642. The van der Waals surface area contributed by atoms with E-state index >= 15 is 0 Å². The minimum Gasteiger partial charge on any atom is -0.228 e. The third-order valence-electron chi connectivity index (χ3n) is 4.71. The van der Waals surface area contributed by atoms with Gasteiger partial charge in [0.15, 0.2) is 9.84 Å². The number of hydrogen-bond donors (Lipinski definition) is 0. The fourth-order valence-corrected chi connectivity index (χ4v) is 6.87. The fourth-order valence-electron chi connectivity index (χ4n) is 3.29. The Morgan fingerprint density at radius 1 is 1.07 bits per heavy atom. The van der Waals surface area contributed by atoms with Crippen LogP contribution in [0.15, 0.2) is 47.4 Å². The Balaban J connectivity index is 1.94. The Morgan fingerprint density at radius 2 is 1.78 bits per heavy atom. The topological polar surface area (TPSA) is 71.5 Å². The van der Waals surface area contributed by atoms with E-state index in [-0.39, 0.29) is 35.5 Å². The average molecular weight is 415 g/mol. The summed E-state index contributed by atoms with van der Waals surface area (Å²) >= 11 is 0. The van der Waals surface area contributed by atoms with Crippen molar-refractivity contribution in [1.82, 2.24) is 4.31 Å². The van der Waals surface area contributed by atoms with E-state index < -0.39 is 42.5 Å². The van der Waals surface area contributed by atoms with Crippen molar-refractivity contribution in [1.29, 1.82) is 0 Å². The van der Waals surface area contributed by atoms with Crippen LogP contribution >= 0.6 is 0 Å². The zero-order valence-corrected chi connectivity index (χ0v) is 16.2. The number of sulfone groups is 1. The van der Waals surface area contributed by atoms with Crippen LogP contribution in [0.25, 0.3) is 0 Å². The molecule has 1 aliphatic rings. The molecule has 27 heavy (non-hydrogen) atoms. The lowest BCUT2D eigenvalue weighted by molar-refractivity contribution is 0.426. The van der Waals surface area contributed by atoms with Crippen LogP contribution in [-0.4, -0.2) is 40.0 Å². The van der Waals surface area contributed by atoms with E-state index in [9.17, 15) is 25.6 Å². The third-order valence-corrected chi connectivity index (χ3v) is 8.87. The molecule has 5 nitrogen and oxygen atoms in total. The lowest BCUT2D eigenvalue weighted by Gasteiger charge is -2.21. The summed E-state index contributed by atoms with van der Waals surface area (Å²) in [5.74, 6) is -1.59. The summed E-state index contributed by atoms with van der Waals surface area (Å²) in [6.07, 6.45) is -0.0528. The number of halogens is 2. The second-order valence-corrected chi connectivity index (χ2v) is 10.7. The van der Waals surface area contributed by atoms with Gasteiger partial charge in [-0.3, -0.25) is 0 Å². The summed E-state index contributed by atoms with van der Waals surface area (Å²) in [7, 11) is -7.72. The molecule has 1 atom stereocenters. The molecule has 1 heterocycles. The third kappa shape index (κ3) is 3.90. The number of aryl methyl sites for hydroxylation is 1. The largest absolute Gasteiger partial charge is 0.243 e. The highest BCUT2D eigenvalue weighted by Gasteiger charge is 2.37. The number of hydrogen-bond acceptors (Lipinski definition) is 4. The van der Waals surface area contributed by atoms with E-state index in [0.717, 1.165) is 16.4 Å². The first-order valence-corrected chi connectivity index (χ1v) is 11.5. The average Bonchev–Trinajstić information content (AvgIpc) is 2.73. The van der Waals surface area contributed by atoms with Gasteiger partial charge in [0.1, 0.15) is 11.6 Å². The van der Waals surface area contributed by atoms with Crippen LogP contribution < -0.4 is 0 Å². The van der Waals surface area contributed by atoms with E-state index in [1.165, 1.54) is 31.2 Å². The second-order valence-electron chi connectivity index (χ2n) is 6.48. The second kappa shape index (κ2) is 7.29. The first kappa shape index (κ1) is 19.9. The molecule has 1 unspecified atom stereocenters. The molecule has 0 aromatic heterocycles. The van der Waals surface area contributed by atoms with Crippen molar-refractivity contribution >= 4 is 19.9 Å². The van der Waals surface area contributed by atoms with E-state index in [1.54, 1.807) is 6.07 Å². The maximum absolute atomic E-state index is 14.1. The van der Waals surface area contributed by atoms with Crippen molar-refractivity contribution in [2.75, 3.05) is 18.8 Å². The Morgan fingerprint density at radius 3 is 2.44 bits per heavy atom. The molecular weight excluding hydrogens is 396 g/mol. The van der Waals surface area contributed by atoms with Crippen LogP contribution in [0.3, 0.4) is 0 Å². The monoisotopic (exact) mass is 415 g/mol. The zero-order chi connectivity index (χ0) is 19.8. The predicted octanol–water partition coefficient (Wildman–Crippen LogP) is 2.82. The molecule has 2 aromatic carbocycles. The van der Waals surface area contributed by atoms with Gasteiger partial charge in [-0.05, 0) is 43.2 Å². The van der Waals surface area contributed by atoms with Crippen LogP contribution in [-0.2, 0) is 19.9 Å². The van der Waals surface area contributed by atoms with Gasteiger partial charge < -0.3 is 0 Å². The summed E-state index contributed by atoms with van der Waals surface area (Å²) in [6, 6.07) is 8.96. The van der Waals surface area contributed by atoms with Gasteiger partial charge in [-0.1, -0.05) is 18.2 Å². The Labute approximate surface area is 157 Å². The van der Waals surface area contributed by atoms with Crippen LogP contribution in [0.4, 0.5) is 8.78 Å². The van der Waals surface area contributed by atoms with Crippen molar-refractivity contribution in [3.8, 4) is 0 Å². The van der Waals surface area contributed by atoms with Crippen LogP contribution in [0.1, 0.15) is 22.8 Å². The maximum Gasteiger partial charge on any atom is 0.243 e. The molecule has 0 N–H and O–H groups in total. The Bertz CT molecular complexity index is 1070. The Hall–Kier alpha value is -1.84. The lowest BCUT2D eigenvalue weighted by atomic mass is 10.1. The highest BCUT2D eigenvalue weighted by Crippen LogP contribution is 2.33. The van der Waals surface area contributed by atoms with Gasteiger partial charge in [0.05, 0.1) is 15.9 Å². The van der Waals surface area contributed by atoms with Crippen molar-refractivity contribution in [2.24, 2.45) is 0 Å². The van der Waals surface area contributed by atoms with Gasteiger partial charge in [-0.15, -0.1) is 0 Å². The standard InChI is InChI=1S/C18H19F2NO4S2/c1-13-12-14(19)6-7-17(13)27(24,25)21-9-8-18(26(22,23)11-10-21)15-4-2-3-5-16(15)20/h2-7,12,18H,8-11H2,1H3. The molecule has 2 aromatic rings. The molecule has 3 rings (SSSR count). The van der Waals surface area contributed by atoms with Crippen LogP contribution in [0.5, 0.6) is 0 Å². The van der Waals surface area contributed by atoms with Crippen molar-refractivity contribution in [3.05, 3.63) is 65.2 Å².